The van der Waals surface area contributed by atoms with Crippen LogP contribution < -0.4 is 36.3 Å². The lowest BCUT2D eigenvalue weighted by molar-refractivity contribution is -0.683. The molecule has 5 nitrogen and oxygen atoms in total. The van der Waals surface area contributed by atoms with Crippen molar-refractivity contribution in [3.8, 4) is 11.5 Å². The van der Waals surface area contributed by atoms with E-state index in [1.807, 2.05) is 48.5 Å². The molecule has 0 fully saturated rings. The van der Waals surface area contributed by atoms with E-state index in [1.165, 1.54) is 89.0 Å². The predicted octanol–water partition coefficient (Wildman–Crippen LogP) is 5.97. The van der Waals surface area contributed by atoms with Crippen molar-refractivity contribution in [2.24, 2.45) is 0 Å². The van der Waals surface area contributed by atoms with Crippen molar-refractivity contribution in [3.05, 3.63) is 71.2 Å². The van der Waals surface area contributed by atoms with Crippen molar-refractivity contribution in [1.82, 2.24) is 0 Å². The number of ether oxygens (including phenoxy) is 2. The monoisotopic (exact) mass is 644 g/mol. The number of hydrogen-bond donors (Lipinski definition) is 1. The maximum atomic E-state index is 12.5. The van der Waals surface area contributed by atoms with Gasteiger partial charge in [0.2, 0.25) is 5.51 Å². The van der Waals surface area contributed by atoms with E-state index in [2.05, 4.69) is 33.9 Å². The highest BCUT2D eigenvalue weighted by Crippen LogP contribution is 2.27. The number of para-hydroxylation sites is 2. The van der Waals surface area contributed by atoms with Crippen molar-refractivity contribution in [2.45, 2.75) is 103 Å². The lowest BCUT2D eigenvalue weighted by Gasteiger charge is -2.13. The third-order valence-corrected chi connectivity index (χ3v) is 7.76. The van der Waals surface area contributed by atoms with E-state index < -0.39 is 0 Å². The van der Waals surface area contributed by atoms with Gasteiger partial charge in [-0.15, -0.1) is 0 Å². The quantitative estimate of drug-likeness (QED) is 0.108. The zero-order chi connectivity index (χ0) is 28.1. The van der Waals surface area contributed by atoms with Gasteiger partial charge in [0, 0.05) is 11.3 Å². The number of hydrogen-bond acceptors (Lipinski definition) is 4. The summed E-state index contributed by atoms with van der Waals surface area (Å²) >= 11 is 1.67. The minimum atomic E-state index is -0.193. The second-order valence-electron chi connectivity index (χ2n) is 10.6. The highest BCUT2D eigenvalue weighted by Gasteiger charge is 2.09. The summed E-state index contributed by atoms with van der Waals surface area (Å²) < 4.78 is 13.9. The maximum Gasteiger partial charge on any atom is 0.262 e. The van der Waals surface area contributed by atoms with E-state index in [4.69, 9.17) is 9.47 Å². The average Bonchev–Trinajstić information content (AvgIpc) is 3.49. The van der Waals surface area contributed by atoms with Crippen LogP contribution in [-0.4, -0.2) is 19.1 Å². The van der Waals surface area contributed by atoms with Gasteiger partial charge in [0.1, 0.15) is 0 Å². The van der Waals surface area contributed by atoms with Gasteiger partial charge in [0.05, 0.1) is 12.0 Å². The van der Waals surface area contributed by atoms with Crippen LogP contribution in [0.3, 0.4) is 0 Å². The van der Waals surface area contributed by atoms with E-state index in [1.54, 1.807) is 11.3 Å². The molecule has 0 bridgehead atoms. The van der Waals surface area contributed by atoms with E-state index in [0.717, 1.165) is 18.7 Å². The minimum Gasteiger partial charge on any atom is -1.00 e. The number of amides is 1. The molecule has 1 N–H and O–H groups in total. The number of carbonyl (C=O) groups excluding carboxylic acids is 1. The first-order valence-corrected chi connectivity index (χ1v) is 16.3. The largest absolute Gasteiger partial charge is 1.00 e. The summed E-state index contributed by atoms with van der Waals surface area (Å²) in [7, 11) is 0. The number of nitrogens with one attached hydrogen (secondary N) is 1. The molecule has 3 rings (SSSR count). The average molecular weight is 646 g/mol. The SMILES string of the molecule is CCCCCCCCCCCCCCCCOc1ccccc1OCC(=O)Nc1ccc(C[n+]2ccsc2)cc1.[Br-]. The molecule has 0 unspecified atom stereocenters. The topological polar surface area (TPSA) is 51.4 Å². The summed E-state index contributed by atoms with van der Waals surface area (Å²) in [6.45, 7) is 3.70. The van der Waals surface area contributed by atoms with Gasteiger partial charge in [-0.1, -0.05) is 126 Å². The molecule has 0 radical (unpaired) electrons. The van der Waals surface area contributed by atoms with Crippen LogP contribution in [-0.2, 0) is 11.3 Å². The molecule has 226 valence electrons. The van der Waals surface area contributed by atoms with Gasteiger partial charge in [-0.25, -0.2) is 0 Å². The molecule has 0 aliphatic carbocycles. The van der Waals surface area contributed by atoms with Gasteiger partial charge < -0.3 is 31.8 Å². The molecule has 0 atom stereocenters. The number of nitrogens with zero attached hydrogens (tertiary/aromatic N) is 1. The normalized spacial score (nSPS) is 10.7. The van der Waals surface area contributed by atoms with Crippen LogP contribution in [0.25, 0.3) is 0 Å². The van der Waals surface area contributed by atoms with Crippen LogP contribution >= 0.6 is 11.3 Å². The molecule has 0 saturated heterocycles. The maximum absolute atomic E-state index is 12.5. The Kier molecular flexibility index (Phi) is 18.9. The molecule has 0 aliphatic rings. The number of halogens is 1. The van der Waals surface area contributed by atoms with Crippen molar-refractivity contribution in [2.75, 3.05) is 18.5 Å². The highest BCUT2D eigenvalue weighted by molar-refractivity contribution is 7.07. The molecule has 1 amide bonds. The Hall–Kier alpha value is -2.38. The molecular weight excluding hydrogens is 596 g/mol. The molecule has 2 aromatic carbocycles. The molecule has 1 heterocycles. The van der Waals surface area contributed by atoms with Crippen LogP contribution in [0.15, 0.2) is 65.6 Å². The van der Waals surface area contributed by atoms with Crippen LogP contribution in [0, 0.1) is 0 Å². The van der Waals surface area contributed by atoms with Crippen LogP contribution in [0.2, 0.25) is 0 Å². The van der Waals surface area contributed by atoms with Crippen molar-refractivity contribution in [3.63, 3.8) is 0 Å². The molecule has 41 heavy (non-hydrogen) atoms. The van der Waals surface area contributed by atoms with Crippen LogP contribution in [0.5, 0.6) is 11.5 Å². The Labute approximate surface area is 262 Å². The summed E-state index contributed by atoms with van der Waals surface area (Å²) in [5.41, 5.74) is 4.02. The van der Waals surface area contributed by atoms with Gasteiger partial charge >= 0.3 is 0 Å². The van der Waals surface area contributed by atoms with Gasteiger partial charge in [-0.2, -0.15) is 4.57 Å². The molecule has 0 saturated carbocycles. The second kappa shape index (κ2) is 22.2. The Morgan fingerprint density at radius 3 is 1.88 bits per heavy atom. The van der Waals surface area contributed by atoms with Gasteiger partial charge in [-0.3, -0.25) is 4.79 Å². The number of anilines is 1. The minimum absolute atomic E-state index is 0. The fourth-order valence-electron chi connectivity index (χ4n) is 4.76. The van der Waals surface area contributed by atoms with Crippen molar-refractivity contribution >= 4 is 22.9 Å². The van der Waals surface area contributed by atoms with E-state index in [-0.39, 0.29) is 29.5 Å². The zero-order valence-corrected chi connectivity index (χ0v) is 27.2. The number of carbonyl (C=O) groups is 1. The third-order valence-electron chi connectivity index (χ3n) is 7.09. The molecule has 7 heteroatoms. The highest BCUT2D eigenvalue weighted by atomic mass is 79.9. The Balaban J connectivity index is 0.00000588. The van der Waals surface area contributed by atoms with Crippen LogP contribution in [0.4, 0.5) is 5.69 Å². The number of unbranched alkanes of at least 4 members (excludes halogenated alkanes) is 13. The number of rotatable bonds is 22. The smallest absolute Gasteiger partial charge is 0.262 e. The number of thiazole rings is 1. The Morgan fingerprint density at radius 2 is 1.32 bits per heavy atom. The molecule has 1 aromatic heterocycles. The molecular formula is C34H49BrN2O3S. The summed E-state index contributed by atoms with van der Waals surface area (Å²) in [4.78, 5) is 12.5. The number of aromatic nitrogens is 1. The first kappa shape index (κ1) is 34.8. The Morgan fingerprint density at radius 1 is 0.756 bits per heavy atom. The molecule has 0 spiro atoms. The fraction of sp³-hybridized carbons (Fsp3) is 0.529. The Bertz CT molecular complexity index is 1060. The fourth-order valence-corrected chi connectivity index (χ4v) is 5.36. The summed E-state index contributed by atoms with van der Waals surface area (Å²) in [6, 6.07) is 15.5. The standard InChI is InChI=1S/C34H48N2O3S.BrH/c1-2-3-4-5-6-7-8-9-10-11-12-13-14-17-25-38-32-18-15-16-19-33(32)39-28-34(37)35-31-22-20-30(21-23-31)27-36-24-26-40-29-36;/h15-16,18-24,26,29H,2-14,17,25,27-28H2,1H3;1H. The summed E-state index contributed by atoms with van der Waals surface area (Å²) in [5, 5.41) is 4.96. The second-order valence-corrected chi connectivity index (χ2v) is 11.4. The lowest BCUT2D eigenvalue weighted by Crippen LogP contribution is -3.00. The zero-order valence-electron chi connectivity index (χ0n) is 24.8. The first-order chi connectivity index (χ1) is 19.7. The lowest BCUT2D eigenvalue weighted by atomic mass is 10.0. The van der Waals surface area contributed by atoms with E-state index in [0.29, 0.717) is 18.1 Å². The third kappa shape index (κ3) is 15.4. The van der Waals surface area contributed by atoms with Crippen LogP contribution in [0.1, 0.15) is 102 Å². The van der Waals surface area contributed by atoms with Gasteiger partial charge in [0.25, 0.3) is 5.91 Å². The van der Waals surface area contributed by atoms with Crippen molar-refractivity contribution < 1.29 is 35.8 Å². The molecule has 3 aromatic rings. The summed E-state index contributed by atoms with van der Waals surface area (Å²) in [6.07, 6.45) is 20.8. The van der Waals surface area contributed by atoms with E-state index in [9.17, 15) is 4.79 Å². The number of benzene rings is 2. The van der Waals surface area contributed by atoms with Gasteiger partial charge in [0.15, 0.2) is 30.8 Å². The van der Waals surface area contributed by atoms with Crippen molar-refractivity contribution in [1.29, 1.82) is 0 Å². The predicted molar refractivity (Wildman–Crippen MR) is 166 cm³/mol. The van der Waals surface area contributed by atoms with E-state index >= 15 is 0 Å². The summed E-state index contributed by atoms with van der Waals surface area (Å²) in [5.74, 6) is 1.10. The first-order valence-electron chi connectivity index (χ1n) is 15.4. The van der Waals surface area contributed by atoms with Gasteiger partial charge in [-0.05, 0) is 30.7 Å². The molecule has 0 aliphatic heterocycles.